The average molecular weight is 463 g/mol. The van der Waals surface area contributed by atoms with Gasteiger partial charge >= 0.3 is 0 Å². The molecule has 0 radical (unpaired) electrons. The highest BCUT2D eigenvalue weighted by molar-refractivity contribution is 6.46. The summed E-state index contributed by atoms with van der Waals surface area (Å²) < 4.78 is 5.66. The fourth-order valence-electron chi connectivity index (χ4n) is 3.83. The number of benzene rings is 2. The van der Waals surface area contributed by atoms with Crippen LogP contribution in [0.1, 0.15) is 36.1 Å². The van der Waals surface area contributed by atoms with E-state index in [0.717, 1.165) is 12.0 Å². The normalized spacial score (nSPS) is 17.4. The van der Waals surface area contributed by atoms with Gasteiger partial charge in [-0.1, -0.05) is 48.9 Å². The molecule has 4 rings (SSSR count). The fraction of sp³-hybridized carbons (Fsp3) is 0.192. The Morgan fingerprint density at radius 1 is 1.12 bits per heavy atom. The van der Waals surface area contributed by atoms with Crippen LogP contribution in [0.5, 0.6) is 5.75 Å². The highest BCUT2D eigenvalue weighted by Crippen LogP contribution is 2.40. The zero-order valence-electron chi connectivity index (χ0n) is 18.1. The molecule has 33 heavy (non-hydrogen) atoms. The number of halogens is 1. The van der Waals surface area contributed by atoms with Gasteiger partial charge in [-0.05, 0) is 47.9 Å². The summed E-state index contributed by atoms with van der Waals surface area (Å²) in [7, 11) is 0. The Bertz CT molecular complexity index is 1190. The van der Waals surface area contributed by atoms with E-state index >= 15 is 0 Å². The van der Waals surface area contributed by atoms with Gasteiger partial charge in [0, 0.05) is 29.5 Å². The monoisotopic (exact) mass is 462 g/mol. The molecule has 1 fully saturated rings. The lowest BCUT2D eigenvalue weighted by Gasteiger charge is -2.25. The van der Waals surface area contributed by atoms with Crippen molar-refractivity contribution in [3.05, 3.63) is 100 Å². The Hall–Kier alpha value is -3.64. The summed E-state index contributed by atoms with van der Waals surface area (Å²) in [5.41, 5.74) is 1.87. The van der Waals surface area contributed by atoms with Crippen molar-refractivity contribution in [2.75, 3.05) is 6.61 Å². The smallest absolute Gasteiger partial charge is 0.295 e. The standard InChI is InChI=1S/C26H23ClN2O4/c1-2-13-33-21-7-3-6-19(14-21)24(30)22-23(18-8-10-20(27)11-9-18)29(26(32)25(22)31)16-17-5-4-12-28-15-17/h3-12,14-15,23,30H,2,13,16H2,1H3/b24-22+. The first kappa shape index (κ1) is 22.6. The van der Waals surface area contributed by atoms with E-state index in [-0.39, 0.29) is 17.9 Å². The lowest BCUT2D eigenvalue weighted by molar-refractivity contribution is -0.140. The lowest BCUT2D eigenvalue weighted by Crippen LogP contribution is -2.29. The number of nitrogens with zero attached hydrogens (tertiary/aromatic N) is 2. The minimum atomic E-state index is -0.775. The van der Waals surface area contributed by atoms with E-state index in [4.69, 9.17) is 16.3 Å². The molecule has 1 aliphatic rings. The third-order valence-corrected chi connectivity index (χ3v) is 5.63. The third-order valence-electron chi connectivity index (χ3n) is 5.38. The van der Waals surface area contributed by atoms with Gasteiger partial charge in [0.1, 0.15) is 11.5 Å². The van der Waals surface area contributed by atoms with Crippen LogP contribution in [-0.4, -0.2) is 33.3 Å². The van der Waals surface area contributed by atoms with Crippen molar-refractivity contribution in [2.24, 2.45) is 0 Å². The maximum atomic E-state index is 13.1. The molecule has 0 aliphatic carbocycles. The molecule has 1 atom stereocenters. The van der Waals surface area contributed by atoms with Crippen LogP contribution in [0.3, 0.4) is 0 Å². The molecule has 1 amide bonds. The van der Waals surface area contributed by atoms with Crippen molar-refractivity contribution in [1.29, 1.82) is 0 Å². The molecular formula is C26H23ClN2O4. The third kappa shape index (κ3) is 4.76. The van der Waals surface area contributed by atoms with Crippen molar-refractivity contribution in [2.45, 2.75) is 25.9 Å². The van der Waals surface area contributed by atoms with Crippen molar-refractivity contribution in [3.63, 3.8) is 0 Å². The Balaban J connectivity index is 1.81. The number of hydrogen-bond acceptors (Lipinski definition) is 5. The molecular weight excluding hydrogens is 440 g/mol. The van der Waals surface area contributed by atoms with E-state index in [0.29, 0.717) is 28.5 Å². The zero-order chi connectivity index (χ0) is 23.4. The number of hydrogen-bond donors (Lipinski definition) is 1. The van der Waals surface area contributed by atoms with E-state index in [1.54, 1.807) is 67.0 Å². The first-order valence-electron chi connectivity index (χ1n) is 10.7. The Morgan fingerprint density at radius 2 is 1.91 bits per heavy atom. The number of rotatable bonds is 7. The molecule has 1 aliphatic heterocycles. The van der Waals surface area contributed by atoms with E-state index in [9.17, 15) is 14.7 Å². The molecule has 7 heteroatoms. The first-order chi connectivity index (χ1) is 16.0. The lowest BCUT2D eigenvalue weighted by atomic mass is 9.95. The number of amides is 1. The van der Waals surface area contributed by atoms with Crippen molar-refractivity contribution in [3.8, 4) is 5.75 Å². The van der Waals surface area contributed by atoms with Gasteiger partial charge in [0.2, 0.25) is 0 Å². The van der Waals surface area contributed by atoms with Gasteiger partial charge in [-0.25, -0.2) is 0 Å². The molecule has 0 bridgehead atoms. The Morgan fingerprint density at radius 3 is 2.61 bits per heavy atom. The van der Waals surface area contributed by atoms with Crippen LogP contribution in [0.4, 0.5) is 0 Å². The number of aromatic nitrogens is 1. The molecule has 2 aromatic carbocycles. The number of aliphatic hydroxyl groups is 1. The first-order valence-corrected chi connectivity index (χ1v) is 11.0. The number of Topliss-reactive ketones (excluding diaryl/α,β-unsaturated/α-hetero) is 1. The second kappa shape index (κ2) is 9.88. The molecule has 3 aromatic rings. The maximum absolute atomic E-state index is 13.1. The summed E-state index contributed by atoms with van der Waals surface area (Å²) >= 11 is 6.06. The minimum Gasteiger partial charge on any atom is -0.507 e. The van der Waals surface area contributed by atoms with E-state index in [2.05, 4.69) is 4.98 Å². The van der Waals surface area contributed by atoms with Gasteiger partial charge in [-0.3, -0.25) is 14.6 Å². The predicted octanol–water partition coefficient (Wildman–Crippen LogP) is 5.15. The number of ketones is 1. The summed E-state index contributed by atoms with van der Waals surface area (Å²) in [6.45, 7) is 2.70. The van der Waals surface area contributed by atoms with Crippen LogP contribution >= 0.6 is 11.6 Å². The number of pyridine rings is 1. The summed E-state index contributed by atoms with van der Waals surface area (Å²) in [5.74, 6) is -1.09. The molecule has 1 N–H and O–H groups in total. The summed E-state index contributed by atoms with van der Waals surface area (Å²) in [6, 6.07) is 16.6. The van der Waals surface area contributed by atoms with E-state index in [1.807, 2.05) is 13.0 Å². The van der Waals surface area contributed by atoms with E-state index in [1.165, 1.54) is 4.90 Å². The zero-order valence-corrected chi connectivity index (χ0v) is 18.8. The van der Waals surface area contributed by atoms with Crippen molar-refractivity contribution < 1.29 is 19.4 Å². The Kier molecular flexibility index (Phi) is 6.75. The van der Waals surface area contributed by atoms with Crippen LogP contribution in [0.2, 0.25) is 5.02 Å². The van der Waals surface area contributed by atoms with Crippen LogP contribution in [0.25, 0.3) is 5.76 Å². The molecule has 0 spiro atoms. The van der Waals surface area contributed by atoms with Crippen molar-refractivity contribution >= 4 is 29.1 Å². The van der Waals surface area contributed by atoms with Gasteiger partial charge in [-0.2, -0.15) is 0 Å². The summed E-state index contributed by atoms with van der Waals surface area (Å²) in [5, 5.41) is 11.7. The van der Waals surface area contributed by atoms with Gasteiger partial charge in [0.05, 0.1) is 18.2 Å². The molecule has 168 valence electrons. The van der Waals surface area contributed by atoms with Crippen LogP contribution in [-0.2, 0) is 16.1 Å². The highest BCUT2D eigenvalue weighted by Gasteiger charge is 2.46. The Labute approximate surface area is 197 Å². The second-order valence-electron chi connectivity index (χ2n) is 7.72. The molecule has 6 nitrogen and oxygen atoms in total. The van der Waals surface area contributed by atoms with Gasteiger partial charge in [0.15, 0.2) is 0 Å². The van der Waals surface area contributed by atoms with Crippen molar-refractivity contribution in [1.82, 2.24) is 9.88 Å². The SMILES string of the molecule is CCCOc1cccc(/C(O)=C2\C(=O)C(=O)N(Cc3cccnc3)C2c2ccc(Cl)cc2)c1. The number of carbonyl (C=O) groups excluding carboxylic acids is 2. The quantitative estimate of drug-likeness (QED) is 0.298. The van der Waals surface area contributed by atoms with E-state index < -0.39 is 17.7 Å². The molecule has 2 heterocycles. The summed E-state index contributed by atoms with van der Waals surface area (Å²) in [6.07, 6.45) is 4.13. The van der Waals surface area contributed by atoms with Crippen LogP contribution < -0.4 is 4.74 Å². The largest absolute Gasteiger partial charge is 0.507 e. The maximum Gasteiger partial charge on any atom is 0.295 e. The molecule has 1 unspecified atom stereocenters. The number of likely N-dealkylation sites (tertiary alicyclic amines) is 1. The minimum absolute atomic E-state index is 0.0267. The molecule has 1 aromatic heterocycles. The topological polar surface area (TPSA) is 79.7 Å². The predicted molar refractivity (Wildman–Crippen MR) is 126 cm³/mol. The number of carbonyl (C=O) groups is 2. The molecule has 1 saturated heterocycles. The fourth-order valence-corrected chi connectivity index (χ4v) is 3.96. The highest BCUT2D eigenvalue weighted by atomic mass is 35.5. The van der Waals surface area contributed by atoms with Gasteiger partial charge in [0.25, 0.3) is 11.7 Å². The molecule has 0 saturated carbocycles. The second-order valence-corrected chi connectivity index (χ2v) is 8.15. The van der Waals surface area contributed by atoms with Gasteiger partial charge < -0.3 is 14.7 Å². The number of aliphatic hydroxyl groups excluding tert-OH is 1. The summed E-state index contributed by atoms with van der Waals surface area (Å²) in [4.78, 5) is 31.8. The van der Waals surface area contributed by atoms with Gasteiger partial charge in [-0.15, -0.1) is 0 Å². The average Bonchev–Trinajstić information content (AvgIpc) is 3.08. The number of ether oxygens (including phenoxy) is 1. The van der Waals surface area contributed by atoms with Crippen LogP contribution in [0.15, 0.2) is 78.6 Å². The van der Waals surface area contributed by atoms with Crippen LogP contribution in [0, 0.1) is 0 Å².